The zero-order valence-corrected chi connectivity index (χ0v) is 36.3. The number of rotatable bonds is 11. The van der Waals surface area contributed by atoms with Crippen LogP contribution >= 0.6 is 23.2 Å². The fourth-order valence-electron chi connectivity index (χ4n) is 8.63. The first-order chi connectivity index (χ1) is 29.8. The predicted molar refractivity (Wildman–Crippen MR) is 258 cm³/mol. The van der Waals surface area contributed by atoms with Crippen molar-refractivity contribution in [3.63, 3.8) is 0 Å². The van der Waals surface area contributed by atoms with Gasteiger partial charge in [-0.25, -0.2) is 9.97 Å². The van der Waals surface area contributed by atoms with E-state index in [4.69, 9.17) is 37.9 Å². The van der Waals surface area contributed by atoms with Gasteiger partial charge in [0.2, 0.25) is 0 Å². The van der Waals surface area contributed by atoms with Crippen LogP contribution in [0.15, 0.2) is 115 Å². The van der Waals surface area contributed by atoms with Crippen LogP contribution in [0.3, 0.4) is 0 Å². The number of ether oxygens (including phenoxy) is 1. The molecule has 0 radical (unpaired) electrons. The minimum atomic E-state index is 0.506. The van der Waals surface area contributed by atoms with E-state index < -0.39 is 0 Å². The van der Waals surface area contributed by atoms with Crippen molar-refractivity contribution < 1.29 is 4.74 Å². The number of aromatic amines is 2. The Kier molecular flexibility index (Phi) is 11.5. The first-order valence-corrected chi connectivity index (χ1v) is 21.8. The smallest absolute Gasteiger partial charge is 0.123 e. The Morgan fingerprint density at radius 1 is 0.492 bits per heavy atom. The lowest BCUT2D eigenvalue weighted by atomic mass is 9.99. The normalized spacial score (nSPS) is 12.1. The summed E-state index contributed by atoms with van der Waals surface area (Å²) in [5.41, 5.74) is 20.2. The van der Waals surface area contributed by atoms with Gasteiger partial charge >= 0.3 is 0 Å². The molecular formula is C53H47Cl2N5O. The zero-order valence-electron chi connectivity index (χ0n) is 34.8. The Morgan fingerprint density at radius 2 is 0.902 bits per heavy atom. The Morgan fingerprint density at radius 3 is 1.33 bits per heavy atom. The maximum atomic E-state index is 6.26. The van der Waals surface area contributed by atoms with Gasteiger partial charge < -0.3 is 14.7 Å². The van der Waals surface area contributed by atoms with E-state index in [2.05, 4.69) is 169 Å². The minimum absolute atomic E-state index is 0.506. The van der Waals surface area contributed by atoms with E-state index in [1.54, 1.807) is 7.11 Å². The largest absolute Gasteiger partial charge is 0.496 e. The molecule has 7 aromatic rings. The van der Waals surface area contributed by atoms with Gasteiger partial charge in [0.25, 0.3) is 0 Å². The lowest BCUT2D eigenvalue weighted by Gasteiger charge is -2.22. The number of methoxy groups -OCH3 is 1. The van der Waals surface area contributed by atoms with Gasteiger partial charge in [-0.3, -0.25) is 4.90 Å². The second-order valence-electron chi connectivity index (χ2n) is 15.8. The van der Waals surface area contributed by atoms with Gasteiger partial charge in [0.15, 0.2) is 0 Å². The lowest BCUT2D eigenvalue weighted by Crippen LogP contribution is -2.27. The average molecular weight is 841 g/mol. The number of aryl methyl sites for hydroxylation is 3. The third-order valence-electron chi connectivity index (χ3n) is 11.4. The second kappa shape index (κ2) is 17.4. The van der Waals surface area contributed by atoms with E-state index in [9.17, 15) is 0 Å². The first-order valence-electron chi connectivity index (χ1n) is 20.7. The Balaban J connectivity index is 1.42. The highest BCUT2D eigenvalue weighted by atomic mass is 35.5. The van der Waals surface area contributed by atoms with E-state index in [1.165, 1.54) is 16.7 Å². The van der Waals surface area contributed by atoms with Gasteiger partial charge in [0.1, 0.15) is 5.75 Å². The summed E-state index contributed by atoms with van der Waals surface area (Å²) in [6.07, 6.45) is 8.52. The third-order valence-corrected chi connectivity index (χ3v) is 11.8. The summed E-state index contributed by atoms with van der Waals surface area (Å²) < 4.78 is 5.93. The standard InChI is InChI=1S/C53H47Cl2N5O/c1-33-8-5-11-36(28-33)50-41-15-17-43(56-41)51(37-12-6-9-34(2)29-37)45-19-21-47(58-45)53(39-14-23-49(61-4)40(31-39)32-60(26-24-54)27-25-55)48-22-20-46(59-48)52(44-18-16-42(50)57-44)38-13-7-10-35(3)30-38/h5-23,28-31,56-57H,24-27,32H2,1-4H3. The molecule has 2 N–H and O–H groups in total. The van der Waals surface area contributed by atoms with Crippen LogP contribution in [-0.4, -0.2) is 56.8 Å². The molecule has 61 heavy (non-hydrogen) atoms. The molecule has 0 saturated carbocycles. The molecule has 6 nitrogen and oxygen atoms in total. The van der Waals surface area contributed by atoms with E-state index >= 15 is 0 Å². The molecule has 8 heteroatoms. The molecule has 2 aliphatic rings. The highest BCUT2D eigenvalue weighted by molar-refractivity contribution is 6.18. The summed E-state index contributed by atoms with van der Waals surface area (Å²) in [5, 5.41) is 0. The van der Waals surface area contributed by atoms with Crippen LogP contribution in [0.25, 0.3) is 90.9 Å². The summed E-state index contributed by atoms with van der Waals surface area (Å²) >= 11 is 12.5. The van der Waals surface area contributed by atoms with Crippen LogP contribution in [0, 0.1) is 20.8 Å². The van der Waals surface area contributed by atoms with Crippen molar-refractivity contribution in [2.75, 3.05) is 32.0 Å². The topological polar surface area (TPSA) is 69.8 Å². The van der Waals surface area contributed by atoms with Crippen molar-refractivity contribution in [2.24, 2.45) is 0 Å². The van der Waals surface area contributed by atoms with Crippen LogP contribution in [-0.2, 0) is 6.54 Å². The zero-order chi connectivity index (χ0) is 42.0. The van der Waals surface area contributed by atoms with Crippen LogP contribution in [0.4, 0.5) is 0 Å². The van der Waals surface area contributed by atoms with Crippen molar-refractivity contribution >= 4 is 69.6 Å². The maximum absolute atomic E-state index is 6.26. The number of alkyl halides is 2. The highest BCUT2D eigenvalue weighted by Crippen LogP contribution is 2.40. The van der Waals surface area contributed by atoms with Gasteiger partial charge in [-0.15, -0.1) is 23.2 Å². The quantitative estimate of drug-likeness (QED) is 0.127. The number of aromatic nitrogens is 4. The Hall–Kier alpha value is -6.18. The first kappa shape index (κ1) is 40.2. The molecule has 0 saturated heterocycles. The summed E-state index contributed by atoms with van der Waals surface area (Å²) in [4.78, 5) is 21.0. The van der Waals surface area contributed by atoms with Gasteiger partial charge in [0.05, 0.1) is 29.9 Å². The van der Waals surface area contributed by atoms with Crippen molar-refractivity contribution in [3.8, 4) is 50.3 Å². The maximum Gasteiger partial charge on any atom is 0.123 e. The SMILES string of the molecule is COc1ccc(-c2c3nc(c(-c4cccc(C)c4)c4ccc([nH]4)c(-c4cccc(C)c4)c4ccc([nH]4)c(-c4cccc(C)c4)c4nc2C=C4)C=C3)cc1CN(CCCl)CCCl. The number of H-pyrrole nitrogens is 2. The van der Waals surface area contributed by atoms with Crippen LogP contribution in [0.5, 0.6) is 5.75 Å². The van der Waals surface area contributed by atoms with Gasteiger partial charge in [-0.05, 0) is 104 Å². The summed E-state index contributed by atoms with van der Waals surface area (Å²) in [5.74, 6) is 1.81. The minimum Gasteiger partial charge on any atom is -0.496 e. The molecule has 0 unspecified atom stereocenters. The monoisotopic (exact) mass is 839 g/mol. The van der Waals surface area contributed by atoms with Crippen LogP contribution in [0.1, 0.15) is 45.0 Å². The van der Waals surface area contributed by atoms with E-state index in [0.717, 1.165) is 101 Å². The van der Waals surface area contributed by atoms with Gasteiger partial charge in [0, 0.05) is 81.3 Å². The molecule has 0 amide bonds. The Labute approximate surface area is 367 Å². The summed E-state index contributed by atoms with van der Waals surface area (Å²) in [7, 11) is 1.71. The number of hydrogen-bond acceptors (Lipinski definition) is 4. The molecule has 9 rings (SSSR count). The molecule has 0 atom stereocenters. The number of nitrogens with zero attached hydrogens (tertiary/aromatic N) is 3. The van der Waals surface area contributed by atoms with Gasteiger partial charge in [-0.2, -0.15) is 0 Å². The molecule has 8 bridgehead atoms. The fourth-order valence-corrected chi connectivity index (χ4v) is 9.11. The molecule has 3 aromatic heterocycles. The van der Waals surface area contributed by atoms with Crippen LogP contribution in [0.2, 0.25) is 0 Å². The summed E-state index contributed by atoms with van der Waals surface area (Å²) in [6, 6.07) is 41.1. The van der Waals surface area contributed by atoms with Gasteiger partial charge in [-0.1, -0.05) is 95.6 Å². The average Bonchev–Trinajstić information content (AvgIpc) is 4.10. The number of hydrogen-bond donors (Lipinski definition) is 2. The molecule has 0 aliphatic carbocycles. The van der Waals surface area contributed by atoms with Crippen molar-refractivity contribution in [3.05, 3.63) is 160 Å². The highest BCUT2D eigenvalue weighted by Gasteiger charge is 2.21. The molecular weight excluding hydrogens is 794 g/mol. The van der Waals surface area contributed by atoms with E-state index in [0.29, 0.717) is 31.4 Å². The lowest BCUT2D eigenvalue weighted by molar-refractivity contribution is 0.292. The molecule has 5 heterocycles. The molecule has 2 aliphatic heterocycles. The summed E-state index contributed by atoms with van der Waals surface area (Å²) in [6.45, 7) is 8.45. The van der Waals surface area contributed by atoms with Crippen molar-refractivity contribution in [1.29, 1.82) is 0 Å². The van der Waals surface area contributed by atoms with Crippen molar-refractivity contribution in [1.82, 2.24) is 24.8 Å². The number of halogens is 2. The van der Waals surface area contributed by atoms with Crippen LogP contribution < -0.4 is 4.74 Å². The second-order valence-corrected chi connectivity index (χ2v) is 16.5. The number of benzene rings is 4. The Bertz CT molecular complexity index is 2880. The number of fused-ring (bicyclic) bond motifs is 8. The predicted octanol–water partition coefficient (Wildman–Crippen LogP) is 13.5. The van der Waals surface area contributed by atoms with E-state index in [1.807, 2.05) is 6.07 Å². The number of nitrogens with one attached hydrogen (secondary N) is 2. The molecule has 0 spiro atoms. The third kappa shape index (κ3) is 8.19. The molecule has 0 fully saturated rings. The molecule has 4 aromatic carbocycles. The van der Waals surface area contributed by atoms with Crippen molar-refractivity contribution in [2.45, 2.75) is 27.3 Å². The molecule has 304 valence electrons. The van der Waals surface area contributed by atoms with E-state index in [-0.39, 0.29) is 0 Å². The fraction of sp³-hybridized carbons (Fsp3) is 0.170.